The molecule has 0 aliphatic carbocycles. The fourth-order valence-electron chi connectivity index (χ4n) is 4.40. The summed E-state index contributed by atoms with van der Waals surface area (Å²) in [7, 11) is 4.50. The van der Waals surface area contributed by atoms with E-state index in [0.717, 1.165) is 37.2 Å². The fraction of sp³-hybridized carbons (Fsp3) is 0.435. The molecule has 1 fully saturated rings. The van der Waals surface area contributed by atoms with Gasteiger partial charge in [-0.25, -0.2) is 9.79 Å². The lowest BCUT2D eigenvalue weighted by molar-refractivity contribution is -0.136. The molecule has 1 amide bonds. The van der Waals surface area contributed by atoms with Gasteiger partial charge in [0.25, 0.3) is 0 Å². The van der Waals surface area contributed by atoms with Crippen molar-refractivity contribution in [1.29, 1.82) is 0 Å². The molecule has 0 spiro atoms. The van der Waals surface area contributed by atoms with Gasteiger partial charge < -0.3 is 24.0 Å². The smallest absolute Gasteiger partial charge is 0.338 e. The van der Waals surface area contributed by atoms with E-state index in [1.807, 2.05) is 27.3 Å². The second-order valence-electron chi connectivity index (χ2n) is 7.73. The Labute approximate surface area is 191 Å². The molecule has 0 unspecified atom stereocenters. The summed E-state index contributed by atoms with van der Waals surface area (Å²) in [6, 6.07) is 5.00. The number of aliphatic imine (C=N–C) groups is 1. The number of rotatable bonds is 6. The van der Waals surface area contributed by atoms with Gasteiger partial charge in [0, 0.05) is 24.4 Å². The van der Waals surface area contributed by atoms with Crippen molar-refractivity contribution in [1.82, 2.24) is 9.80 Å². The summed E-state index contributed by atoms with van der Waals surface area (Å²) < 4.78 is 16.3. The monoisotopic (exact) mass is 457 g/mol. The molecule has 0 bridgehead atoms. The van der Waals surface area contributed by atoms with Crippen LogP contribution in [0.4, 0.5) is 0 Å². The van der Waals surface area contributed by atoms with Gasteiger partial charge in [0.15, 0.2) is 16.7 Å². The largest absolute Gasteiger partial charge is 0.493 e. The van der Waals surface area contributed by atoms with Gasteiger partial charge in [-0.05, 0) is 31.2 Å². The van der Waals surface area contributed by atoms with Gasteiger partial charge >= 0.3 is 5.97 Å². The van der Waals surface area contributed by atoms with Gasteiger partial charge in [0.2, 0.25) is 5.91 Å². The number of allylic oxidation sites excluding steroid dienone is 1. The van der Waals surface area contributed by atoms with Crippen molar-refractivity contribution >= 4 is 28.8 Å². The molecule has 32 heavy (non-hydrogen) atoms. The highest BCUT2D eigenvalue weighted by Crippen LogP contribution is 2.48. The Bertz CT molecular complexity index is 1030. The van der Waals surface area contributed by atoms with Crippen molar-refractivity contribution in [3.8, 4) is 11.5 Å². The highest BCUT2D eigenvalue weighted by molar-refractivity contribution is 8.16. The lowest BCUT2D eigenvalue weighted by atomic mass is 9.92. The second kappa shape index (κ2) is 9.28. The number of carbonyl (C=O) groups is 2. The third-order valence-corrected chi connectivity index (χ3v) is 6.81. The minimum absolute atomic E-state index is 0.0813. The lowest BCUT2D eigenvalue weighted by Crippen LogP contribution is -2.38. The highest BCUT2D eigenvalue weighted by atomic mass is 32.2. The van der Waals surface area contributed by atoms with E-state index in [9.17, 15) is 9.59 Å². The summed E-state index contributed by atoms with van der Waals surface area (Å²) in [4.78, 5) is 34.3. The number of hydrogen-bond acceptors (Lipinski definition) is 8. The number of nitrogens with zero attached hydrogens (tertiary/aromatic N) is 3. The Hall–Kier alpha value is -2.94. The molecule has 8 nitrogen and oxygen atoms in total. The zero-order valence-corrected chi connectivity index (χ0v) is 19.5. The Balaban J connectivity index is 1.80. The first-order chi connectivity index (χ1) is 15.5. The molecule has 0 N–H and O–H groups in total. The Kier molecular flexibility index (Phi) is 6.45. The number of thioether (sulfide) groups is 1. The number of likely N-dealkylation sites (tertiary alicyclic amines) is 1. The Morgan fingerprint density at radius 3 is 2.56 bits per heavy atom. The lowest BCUT2D eigenvalue weighted by Gasteiger charge is -2.37. The molecule has 1 saturated heterocycles. The van der Waals surface area contributed by atoms with Crippen LogP contribution >= 0.6 is 11.8 Å². The number of benzene rings is 1. The predicted octanol–water partition coefficient (Wildman–Crippen LogP) is 3.46. The van der Waals surface area contributed by atoms with Crippen molar-refractivity contribution in [2.75, 3.05) is 34.4 Å². The molecule has 1 aromatic carbocycles. The molecule has 4 rings (SSSR count). The van der Waals surface area contributed by atoms with Crippen LogP contribution in [0.3, 0.4) is 0 Å². The molecule has 3 aliphatic rings. The number of amidine groups is 1. The van der Waals surface area contributed by atoms with Crippen molar-refractivity contribution in [3.63, 3.8) is 0 Å². The Morgan fingerprint density at radius 1 is 1.16 bits per heavy atom. The molecule has 0 saturated carbocycles. The summed E-state index contributed by atoms with van der Waals surface area (Å²) in [5, 5.41) is 2.66. The van der Waals surface area contributed by atoms with Crippen LogP contribution in [0.2, 0.25) is 0 Å². The number of carbonyl (C=O) groups excluding carboxylic acids is 2. The quantitative estimate of drug-likeness (QED) is 0.605. The molecule has 170 valence electrons. The maximum absolute atomic E-state index is 12.9. The average molecular weight is 458 g/mol. The van der Waals surface area contributed by atoms with Gasteiger partial charge in [-0.2, -0.15) is 0 Å². The molecule has 3 heterocycles. The van der Waals surface area contributed by atoms with E-state index < -0.39 is 12.0 Å². The average Bonchev–Trinajstić information content (AvgIpc) is 3.47. The number of hydrogen-bond donors (Lipinski definition) is 0. The van der Waals surface area contributed by atoms with Crippen LogP contribution in [0.5, 0.6) is 11.5 Å². The summed E-state index contributed by atoms with van der Waals surface area (Å²) in [6.45, 7) is 3.38. The van der Waals surface area contributed by atoms with Crippen LogP contribution in [0.1, 0.15) is 37.8 Å². The fourth-order valence-corrected chi connectivity index (χ4v) is 5.36. The first kappa shape index (κ1) is 22.3. The molecule has 9 heteroatoms. The molecule has 3 aliphatic heterocycles. The summed E-state index contributed by atoms with van der Waals surface area (Å²) in [5.74, 6) is 0.694. The van der Waals surface area contributed by atoms with Crippen LogP contribution in [0, 0.1) is 0 Å². The first-order valence-corrected chi connectivity index (χ1v) is 11.4. The van der Waals surface area contributed by atoms with E-state index in [2.05, 4.69) is 4.99 Å². The van der Waals surface area contributed by atoms with Crippen LogP contribution in [0.25, 0.3) is 0 Å². The van der Waals surface area contributed by atoms with Crippen LogP contribution < -0.4 is 9.47 Å². The van der Waals surface area contributed by atoms with E-state index >= 15 is 0 Å². The van der Waals surface area contributed by atoms with E-state index in [4.69, 9.17) is 14.2 Å². The van der Waals surface area contributed by atoms with E-state index in [1.54, 1.807) is 27.2 Å². The number of para-hydroxylation sites is 1. The maximum atomic E-state index is 12.9. The van der Waals surface area contributed by atoms with Gasteiger partial charge in [0.1, 0.15) is 0 Å². The Morgan fingerprint density at radius 2 is 1.91 bits per heavy atom. The minimum atomic E-state index is -0.562. The van der Waals surface area contributed by atoms with E-state index in [-0.39, 0.29) is 12.3 Å². The van der Waals surface area contributed by atoms with Crippen molar-refractivity contribution in [2.45, 2.75) is 32.2 Å². The molecule has 0 aromatic heterocycles. The number of ether oxygens (including phenoxy) is 3. The third-order valence-electron chi connectivity index (χ3n) is 5.93. The van der Waals surface area contributed by atoms with E-state index in [0.29, 0.717) is 27.9 Å². The van der Waals surface area contributed by atoms with Gasteiger partial charge in [-0.15, -0.1) is 0 Å². The zero-order valence-electron chi connectivity index (χ0n) is 18.7. The maximum Gasteiger partial charge on any atom is 0.338 e. The molecule has 0 radical (unpaired) electrons. The standard InChI is InChI=1S/C23H27N3O5S/c1-14-19(22(28)31-4)20(16-8-7-9-17(29-2)21(16)30-3)26-15(13-32-23(26)24-14)12-18(27)25-10-5-6-11-25/h7-9,13,20H,5-6,10-12H2,1-4H3/t20-/m1/s1. The van der Waals surface area contributed by atoms with Crippen molar-refractivity contribution in [3.05, 3.63) is 46.1 Å². The van der Waals surface area contributed by atoms with E-state index in [1.165, 1.54) is 18.9 Å². The predicted molar refractivity (Wildman–Crippen MR) is 122 cm³/mol. The van der Waals surface area contributed by atoms with Crippen molar-refractivity contribution < 1.29 is 23.8 Å². The number of methoxy groups -OCH3 is 3. The van der Waals surface area contributed by atoms with Crippen LogP contribution in [-0.4, -0.2) is 61.3 Å². The normalized spacial score (nSPS) is 20.1. The third kappa shape index (κ3) is 3.85. The summed E-state index contributed by atoms with van der Waals surface area (Å²) in [5.41, 5.74) is 2.52. The summed E-state index contributed by atoms with van der Waals surface area (Å²) in [6.07, 6.45) is 2.31. The topological polar surface area (TPSA) is 80.7 Å². The molecular formula is C23H27N3O5S. The molecular weight excluding hydrogens is 430 g/mol. The summed E-state index contributed by atoms with van der Waals surface area (Å²) >= 11 is 1.45. The first-order valence-electron chi connectivity index (χ1n) is 10.5. The minimum Gasteiger partial charge on any atom is -0.493 e. The zero-order chi connectivity index (χ0) is 22.8. The van der Waals surface area contributed by atoms with Gasteiger partial charge in [0.05, 0.1) is 45.1 Å². The number of esters is 1. The number of fused-ring (bicyclic) bond motifs is 1. The number of amides is 1. The molecule has 1 atom stereocenters. The van der Waals surface area contributed by atoms with Gasteiger partial charge in [-0.1, -0.05) is 23.9 Å². The molecule has 1 aromatic rings. The van der Waals surface area contributed by atoms with Crippen LogP contribution in [-0.2, 0) is 14.3 Å². The van der Waals surface area contributed by atoms with Crippen LogP contribution in [0.15, 0.2) is 45.6 Å². The van der Waals surface area contributed by atoms with Gasteiger partial charge in [-0.3, -0.25) is 4.79 Å². The second-order valence-corrected chi connectivity index (χ2v) is 8.57. The van der Waals surface area contributed by atoms with Crippen molar-refractivity contribution in [2.24, 2.45) is 4.99 Å². The highest BCUT2D eigenvalue weighted by Gasteiger charge is 2.42. The SMILES string of the molecule is COC(=O)C1=C(C)N=C2SC=C(CC(=O)N3CCCC3)N2[C@@H]1c1cccc(OC)c1OC.